The number of aryl methyl sites for hydroxylation is 1. The fourth-order valence-electron chi connectivity index (χ4n) is 3.46. The summed E-state index contributed by atoms with van der Waals surface area (Å²) >= 11 is 1.72. The minimum absolute atomic E-state index is 0.00783. The van der Waals surface area contributed by atoms with E-state index in [4.69, 9.17) is 4.74 Å². The van der Waals surface area contributed by atoms with Crippen molar-refractivity contribution in [2.45, 2.75) is 38.3 Å². The number of nitrogens with zero attached hydrogens (tertiary/aromatic N) is 2. The third kappa shape index (κ3) is 4.69. The third-order valence-electron chi connectivity index (χ3n) is 5.22. The molecular weight excluding hydrogens is 346 g/mol. The Kier molecular flexibility index (Phi) is 6.40. The highest BCUT2D eigenvalue weighted by molar-refractivity contribution is 7.09. The van der Waals surface area contributed by atoms with Gasteiger partial charge in [0.05, 0.1) is 11.2 Å². The largest absolute Gasteiger partial charge is 0.385 e. The molecule has 2 aromatic rings. The number of hydrogen-bond donors (Lipinski definition) is 1. The molecule has 0 unspecified atom stereocenters. The van der Waals surface area contributed by atoms with Crippen molar-refractivity contribution in [3.05, 3.63) is 52.0 Å². The van der Waals surface area contributed by atoms with Crippen molar-refractivity contribution in [3.63, 3.8) is 0 Å². The molecule has 0 aliphatic carbocycles. The van der Waals surface area contributed by atoms with Gasteiger partial charge in [-0.25, -0.2) is 4.98 Å². The number of amides is 1. The van der Waals surface area contributed by atoms with E-state index in [2.05, 4.69) is 22.1 Å². The van der Waals surface area contributed by atoms with Crippen LogP contribution >= 0.6 is 11.3 Å². The standard InChI is InChI=1S/C20H27N3O2S/c1-16-18(26-15-21-16)14-23-11-8-20(9-12-23,10-13-25-2)22-19(24)17-6-4-3-5-7-17/h3-7,15H,8-14H2,1-2H3,(H,22,24). The highest BCUT2D eigenvalue weighted by Gasteiger charge is 2.36. The van der Waals surface area contributed by atoms with Crippen molar-refractivity contribution in [2.75, 3.05) is 26.8 Å². The molecule has 1 N–H and O–H groups in total. The number of benzene rings is 1. The summed E-state index contributed by atoms with van der Waals surface area (Å²) in [6.07, 6.45) is 2.72. The first-order valence-corrected chi connectivity index (χ1v) is 9.98. The van der Waals surface area contributed by atoms with Crippen LogP contribution in [-0.2, 0) is 11.3 Å². The van der Waals surface area contributed by atoms with Crippen LogP contribution in [0.25, 0.3) is 0 Å². The SMILES string of the molecule is COCCC1(NC(=O)c2ccccc2)CCN(Cc2scnc2C)CC1. The fraction of sp³-hybridized carbons (Fsp3) is 0.500. The molecule has 3 rings (SSSR count). The third-order valence-corrected chi connectivity index (χ3v) is 6.14. The van der Waals surface area contributed by atoms with E-state index < -0.39 is 0 Å². The van der Waals surface area contributed by atoms with Gasteiger partial charge in [-0.15, -0.1) is 11.3 Å². The van der Waals surface area contributed by atoms with Crippen molar-refractivity contribution in [2.24, 2.45) is 0 Å². The lowest BCUT2D eigenvalue weighted by Gasteiger charge is -2.42. The molecule has 1 aromatic heterocycles. The van der Waals surface area contributed by atoms with Crippen molar-refractivity contribution in [3.8, 4) is 0 Å². The Morgan fingerprint density at radius 2 is 2.04 bits per heavy atom. The quantitative estimate of drug-likeness (QED) is 0.809. The van der Waals surface area contributed by atoms with E-state index in [0.717, 1.165) is 44.6 Å². The lowest BCUT2D eigenvalue weighted by Crippen LogP contribution is -2.55. The molecule has 0 atom stereocenters. The van der Waals surface area contributed by atoms with Gasteiger partial charge in [0.2, 0.25) is 0 Å². The summed E-state index contributed by atoms with van der Waals surface area (Å²) in [5, 5.41) is 3.32. The Labute approximate surface area is 159 Å². The van der Waals surface area contributed by atoms with Crippen LogP contribution in [0.4, 0.5) is 0 Å². The average Bonchev–Trinajstić information content (AvgIpc) is 3.07. The number of carbonyl (C=O) groups excluding carboxylic acids is 1. The van der Waals surface area contributed by atoms with Gasteiger partial charge in [-0.2, -0.15) is 0 Å². The van der Waals surface area contributed by atoms with Gasteiger partial charge in [0.15, 0.2) is 0 Å². The van der Waals surface area contributed by atoms with Crippen molar-refractivity contribution < 1.29 is 9.53 Å². The molecule has 1 fully saturated rings. The molecule has 0 saturated carbocycles. The van der Waals surface area contributed by atoms with Gasteiger partial charge in [0.1, 0.15) is 0 Å². The maximum Gasteiger partial charge on any atom is 0.251 e. The fourth-order valence-corrected chi connectivity index (χ4v) is 4.28. The number of ether oxygens (including phenoxy) is 1. The van der Waals surface area contributed by atoms with Gasteiger partial charge in [-0.3, -0.25) is 9.69 Å². The first-order valence-electron chi connectivity index (χ1n) is 9.10. The maximum absolute atomic E-state index is 12.7. The normalized spacial score (nSPS) is 17.2. The first-order chi connectivity index (χ1) is 12.6. The Morgan fingerprint density at radius 1 is 1.31 bits per heavy atom. The summed E-state index contributed by atoms with van der Waals surface area (Å²) in [6, 6.07) is 9.45. The molecule has 5 nitrogen and oxygen atoms in total. The first kappa shape index (κ1) is 19.0. The minimum atomic E-state index is -0.192. The van der Waals surface area contributed by atoms with E-state index in [1.54, 1.807) is 18.4 Å². The summed E-state index contributed by atoms with van der Waals surface area (Å²) in [7, 11) is 1.72. The van der Waals surface area contributed by atoms with Crippen LogP contribution < -0.4 is 5.32 Å². The van der Waals surface area contributed by atoms with Gasteiger partial charge in [-0.1, -0.05) is 18.2 Å². The number of piperidine rings is 1. The number of thiazole rings is 1. The number of methoxy groups -OCH3 is 1. The Hall–Kier alpha value is -1.76. The number of carbonyl (C=O) groups is 1. The molecule has 2 heterocycles. The molecule has 1 aromatic carbocycles. The summed E-state index contributed by atoms with van der Waals surface area (Å²) in [4.78, 5) is 20.8. The monoisotopic (exact) mass is 373 g/mol. The lowest BCUT2D eigenvalue weighted by molar-refractivity contribution is 0.0692. The lowest BCUT2D eigenvalue weighted by atomic mass is 9.84. The second-order valence-electron chi connectivity index (χ2n) is 6.98. The predicted octanol–water partition coefficient (Wildman–Crippen LogP) is 3.25. The second-order valence-corrected chi connectivity index (χ2v) is 7.92. The summed E-state index contributed by atoms with van der Waals surface area (Å²) < 4.78 is 5.31. The molecule has 6 heteroatoms. The van der Waals surface area contributed by atoms with Crippen molar-refractivity contribution in [1.82, 2.24) is 15.2 Å². The van der Waals surface area contributed by atoms with Crippen LogP contribution in [0.15, 0.2) is 35.8 Å². The Balaban J connectivity index is 1.63. The molecule has 0 bridgehead atoms. The van der Waals surface area contributed by atoms with Crippen LogP contribution in [0, 0.1) is 6.92 Å². The Morgan fingerprint density at radius 3 is 2.65 bits per heavy atom. The molecule has 1 aliphatic heterocycles. The van der Waals surface area contributed by atoms with Crippen LogP contribution in [0.1, 0.15) is 40.2 Å². The van der Waals surface area contributed by atoms with E-state index in [0.29, 0.717) is 12.2 Å². The number of rotatable bonds is 7. The highest BCUT2D eigenvalue weighted by atomic mass is 32.1. The van der Waals surface area contributed by atoms with Crippen molar-refractivity contribution in [1.29, 1.82) is 0 Å². The van der Waals surface area contributed by atoms with Gasteiger partial charge >= 0.3 is 0 Å². The summed E-state index contributed by atoms with van der Waals surface area (Å²) in [5.74, 6) is 0.00783. The van der Waals surface area contributed by atoms with E-state index in [1.165, 1.54) is 4.88 Å². The molecule has 1 amide bonds. The van der Waals surface area contributed by atoms with Gasteiger partial charge in [0, 0.05) is 49.3 Å². The van der Waals surface area contributed by atoms with Gasteiger partial charge < -0.3 is 10.1 Å². The highest BCUT2D eigenvalue weighted by Crippen LogP contribution is 2.28. The van der Waals surface area contributed by atoms with Crippen molar-refractivity contribution >= 4 is 17.2 Å². The molecule has 0 radical (unpaired) electrons. The predicted molar refractivity (Wildman–Crippen MR) is 104 cm³/mol. The number of likely N-dealkylation sites (tertiary alicyclic amines) is 1. The number of aromatic nitrogens is 1. The topological polar surface area (TPSA) is 54.5 Å². The van der Waals surface area contributed by atoms with Crippen LogP contribution in [0.5, 0.6) is 0 Å². The van der Waals surface area contributed by atoms with Crippen LogP contribution in [0.3, 0.4) is 0 Å². The van der Waals surface area contributed by atoms with E-state index in [-0.39, 0.29) is 11.4 Å². The van der Waals surface area contributed by atoms with Gasteiger partial charge in [-0.05, 0) is 38.3 Å². The zero-order valence-corrected chi connectivity index (χ0v) is 16.3. The van der Waals surface area contributed by atoms with E-state index >= 15 is 0 Å². The van der Waals surface area contributed by atoms with E-state index in [1.807, 2.05) is 35.8 Å². The average molecular weight is 374 g/mol. The molecular formula is C20H27N3O2S. The van der Waals surface area contributed by atoms with Crippen LogP contribution in [-0.4, -0.2) is 48.1 Å². The molecule has 0 spiro atoms. The summed E-state index contributed by atoms with van der Waals surface area (Å²) in [6.45, 7) is 5.61. The van der Waals surface area contributed by atoms with E-state index in [9.17, 15) is 4.79 Å². The molecule has 1 aliphatic rings. The van der Waals surface area contributed by atoms with Gasteiger partial charge in [0.25, 0.3) is 5.91 Å². The molecule has 26 heavy (non-hydrogen) atoms. The minimum Gasteiger partial charge on any atom is -0.385 e. The zero-order chi connectivity index (χ0) is 18.4. The number of nitrogens with one attached hydrogen (secondary N) is 1. The molecule has 140 valence electrons. The van der Waals surface area contributed by atoms with Crippen LogP contribution in [0.2, 0.25) is 0 Å². The summed E-state index contributed by atoms with van der Waals surface area (Å²) in [5.41, 5.74) is 3.57. The Bertz CT molecular complexity index is 709. The second kappa shape index (κ2) is 8.75. The maximum atomic E-state index is 12.7. The zero-order valence-electron chi connectivity index (χ0n) is 15.5. The number of hydrogen-bond acceptors (Lipinski definition) is 5. The molecule has 1 saturated heterocycles. The smallest absolute Gasteiger partial charge is 0.251 e.